The number of thiophene rings is 1. The normalized spacial score (nSPS) is 15.5. The van der Waals surface area contributed by atoms with E-state index in [0.29, 0.717) is 35.1 Å². The second-order valence-electron chi connectivity index (χ2n) is 6.70. The molecule has 0 radical (unpaired) electrons. The van der Waals surface area contributed by atoms with Gasteiger partial charge >= 0.3 is 0 Å². The summed E-state index contributed by atoms with van der Waals surface area (Å²) in [4.78, 5) is 13.1. The lowest BCUT2D eigenvalue weighted by Gasteiger charge is -2.21. The van der Waals surface area contributed by atoms with E-state index in [1.54, 1.807) is 13.2 Å². The molecule has 6 heteroatoms. The Kier molecular flexibility index (Phi) is 7.00. The third kappa shape index (κ3) is 4.61. The van der Waals surface area contributed by atoms with Crippen LogP contribution in [0, 0.1) is 5.82 Å². The van der Waals surface area contributed by atoms with Crippen molar-refractivity contribution in [2.45, 2.75) is 51.2 Å². The summed E-state index contributed by atoms with van der Waals surface area (Å²) in [5, 5.41) is 3.42. The number of nitrogens with one attached hydrogen (secondary N) is 1. The van der Waals surface area contributed by atoms with E-state index in [1.807, 2.05) is 6.07 Å². The fourth-order valence-electron chi connectivity index (χ4n) is 3.47. The van der Waals surface area contributed by atoms with Gasteiger partial charge in [-0.15, -0.1) is 11.3 Å². The molecule has 142 valence electrons. The van der Waals surface area contributed by atoms with E-state index in [4.69, 9.17) is 9.47 Å². The van der Waals surface area contributed by atoms with Gasteiger partial charge in [-0.1, -0.05) is 25.3 Å². The Hall–Kier alpha value is -1.50. The molecule has 26 heavy (non-hydrogen) atoms. The van der Waals surface area contributed by atoms with Crippen molar-refractivity contribution >= 4 is 27.3 Å². The molecule has 0 aliphatic heterocycles. The minimum atomic E-state index is -0.314. The summed E-state index contributed by atoms with van der Waals surface area (Å²) in [5.41, 5.74) is 0.626. The summed E-state index contributed by atoms with van der Waals surface area (Å²) in [6.07, 6.45) is 7.30. The van der Waals surface area contributed by atoms with E-state index in [-0.39, 0.29) is 18.3 Å². The van der Waals surface area contributed by atoms with Crippen molar-refractivity contribution in [3.63, 3.8) is 0 Å². The van der Waals surface area contributed by atoms with E-state index in [0.717, 1.165) is 24.0 Å². The maximum absolute atomic E-state index is 14.2. The zero-order valence-electron chi connectivity index (χ0n) is 15.2. The Balaban J connectivity index is 1.55. The van der Waals surface area contributed by atoms with Crippen LogP contribution in [0.4, 0.5) is 4.39 Å². The van der Waals surface area contributed by atoms with Gasteiger partial charge in [0.25, 0.3) is 5.91 Å². The number of benzene rings is 1. The Bertz CT molecular complexity index is 740. The van der Waals surface area contributed by atoms with Gasteiger partial charge in [-0.05, 0) is 31.4 Å². The van der Waals surface area contributed by atoms with Crippen LogP contribution in [0.25, 0.3) is 10.1 Å². The smallest absolute Gasteiger partial charge is 0.261 e. The monoisotopic (exact) mass is 379 g/mol. The summed E-state index contributed by atoms with van der Waals surface area (Å²) in [7, 11) is 1.55. The van der Waals surface area contributed by atoms with Gasteiger partial charge in [-0.3, -0.25) is 4.79 Å². The molecule has 1 saturated carbocycles. The maximum atomic E-state index is 14.2. The van der Waals surface area contributed by atoms with Crippen molar-refractivity contribution in [2.75, 3.05) is 20.3 Å². The highest BCUT2D eigenvalue weighted by Crippen LogP contribution is 2.33. The SMILES string of the molecule is COCc1c(C(=O)NCCCOC2CCCCC2)sc2cccc(F)c12. The first-order valence-corrected chi connectivity index (χ1v) is 10.1. The second-order valence-corrected chi connectivity index (χ2v) is 7.75. The first-order valence-electron chi connectivity index (χ1n) is 9.29. The van der Waals surface area contributed by atoms with Crippen molar-refractivity contribution in [3.05, 3.63) is 34.5 Å². The second kappa shape index (κ2) is 9.44. The van der Waals surface area contributed by atoms with Crippen LogP contribution in [0.15, 0.2) is 18.2 Å². The van der Waals surface area contributed by atoms with Gasteiger partial charge in [0.15, 0.2) is 0 Å². The van der Waals surface area contributed by atoms with Gasteiger partial charge < -0.3 is 14.8 Å². The summed E-state index contributed by atoms with van der Waals surface area (Å²) in [5.74, 6) is -0.485. The highest BCUT2D eigenvalue weighted by molar-refractivity contribution is 7.21. The van der Waals surface area contributed by atoms with Crippen LogP contribution in [-0.2, 0) is 16.1 Å². The number of fused-ring (bicyclic) bond motifs is 1. The number of rotatable bonds is 8. The van der Waals surface area contributed by atoms with Gasteiger partial charge in [0.1, 0.15) is 5.82 Å². The summed E-state index contributed by atoms with van der Waals surface area (Å²) in [6, 6.07) is 4.91. The molecule has 1 aromatic carbocycles. The number of hydrogen-bond acceptors (Lipinski definition) is 4. The standard InChI is InChI=1S/C20H26FNO3S/c1-24-13-15-18-16(21)9-5-10-17(18)26-19(15)20(23)22-11-6-12-25-14-7-3-2-4-8-14/h5,9-10,14H,2-4,6-8,11-13H2,1H3,(H,22,23). The van der Waals surface area contributed by atoms with Crippen LogP contribution in [-0.4, -0.2) is 32.3 Å². The Morgan fingerprint density at radius 2 is 2.12 bits per heavy atom. The third-order valence-corrected chi connectivity index (χ3v) is 5.97. The summed E-state index contributed by atoms with van der Waals surface area (Å²) < 4.78 is 26.0. The molecule has 1 aromatic heterocycles. The van der Waals surface area contributed by atoms with Crippen molar-refractivity contribution in [1.82, 2.24) is 5.32 Å². The first kappa shape index (κ1) is 19.3. The quantitative estimate of drug-likeness (QED) is 0.679. The summed E-state index contributed by atoms with van der Waals surface area (Å²) in [6.45, 7) is 1.43. The van der Waals surface area contributed by atoms with Crippen molar-refractivity contribution < 1.29 is 18.7 Å². The predicted octanol–water partition coefficient (Wildman–Crippen LogP) is 4.66. The summed E-state index contributed by atoms with van der Waals surface area (Å²) >= 11 is 1.31. The van der Waals surface area contributed by atoms with E-state index in [2.05, 4.69) is 5.32 Å². The minimum absolute atomic E-state index is 0.171. The first-order chi connectivity index (χ1) is 12.7. The number of amides is 1. The molecule has 0 unspecified atom stereocenters. The molecule has 0 spiro atoms. The largest absolute Gasteiger partial charge is 0.380 e. The number of carbonyl (C=O) groups is 1. The van der Waals surface area contributed by atoms with Gasteiger partial charge in [0.2, 0.25) is 0 Å². The molecule has 4 nitrogen and oxygen atoms in total. The zero-order chi connectivity index (χ0) is 18.4. The molecule has 1 N–H and O–H groups in total. The molecule has 2 aromatic rings. The van der Waals surface area contributed by atoms with Gasteiger partial charge in [0, 0.05) is 35.9 Å². The van der Waals surface area contributed by atoms with Crippen LogP contribution in [0.1, 0.15) is 53.8 Å². The van der Waals surface area contributed by atoms with Crippen molar-refractivity contribution in [2.24, 2.45) is 0 Å². The molecule has 3 rings (SSSR count). The Labute approximate surface area is 157 Å². The molecule has 1 amide bonds. The minimum Gasteiger partial charge on any atom is -0.380 e. The lowest BCUT2D eigenvalue weighted by atomic mass is 9.98. The Morgan fingerprint density at radius 1 is 1.31 bits per heavy atom. The Morgan fingerprint density at radius 3 is 2.88 bits per heavy atom. The highest BCUT2D eigenvalue weighted by atomic mass is 32.1. The van der Waals surface area contributed by atoms with Gasteiger partial charge in [-0.25, -0.2) is 4.39 Å². The topological polar surface area (TPSA) is 47.6 Å². The average molecular weight is 379 g/mol. The molecule has 1 heterocycles. The van der Waals surface area contributed by atoms with E-state index < -0.39 is 0 Å². The molecule has 0 saturated heterocycles. The number of carbonyl (C=O) groups excluding carboxylic acids is 1. The van der Waals surface area contributed by atoms with E-state index in [9.17, 15) is 9.18 Å². The molecule has 1 aliphatic carbocycles. The lowest BCUT2D eigenvalue weighted by molar-refractivity contribution is 0.0273. The third-order valence-electron chi connectivity index (χ3n) is 4.77. The van der Waals surface area contributed by atoms with Gasteiger partial charge in [0.05, 0.1) is 17.6 Å². The number of halogens is 1. The number of ether oxygens (including phenoxy) is 2. The highest BCUT2D eigenvalue weighted by Gasteiger charge is 2.20. The molecule has 0 bridgehead atoms. The molecular weight excluding hydrogens is 353 g/mol. The van der Waals surface area contributed by atoms with Crippen LogP contribution >= 0.6 is 11.3 Å². The molecular formula is C20H26FNO3S. The van der Waals surface area contributed by atoms with Crippen LogP contribution < -0.4 is 5.32 Å². The number of hydrogen-bond donors (Lipinski definition) is 1. The van der Waals surface area contributed by atoms with E-state index in [1.165, 1.54) is 36.7 Å². The fourth-order valence-corrected chi connectivity index (χ4v) is 4.61. The number of methoxy groups -OCH3 is 1. The van der Waals surface area contributed by atoms with Crippen LogP contribution in [0.3, 0.4) is 0 Å². The van der Waals surface area contributed by atoms with Crippen LogP contribution in [0.5, 0.6) is 0 Å². The van der Waals surface area contributed by atoms with Crippen LogP contribution in [0.2, 0.25) is 0 Å². The van der Waals surface area contributed by atoms with Gasteiger partial charge in [-0.2, -0.15) is 0 Å². The fraction of sp³-hybridized carbons (Fsp3) is 0.550. The predicted molar refractivity (Wildman–Crippen MR) is 102 cm³/mol. The van der Waals surface area contributed by atoms with Crippen molar-refractivity contribution in [3.8, 4) is 0 Å². The molecule has 0 atom stereocenters. The molecule has 1 fully saturated rings. The average Bonchev–Trinajstić information content (AvgIpc) is 3.02. The van der Waals surface area contributed by atoms with Crippen molar-refractivity contribution in [1.29, 1.82) is 0 Å². The molecule has 1 aliphatic rings. The lowest BCUT2D eigenvalue weighted by Crippen LogP contribution is -2.26. The zero-order valence-corrected chi connectivity index (χ0v) is 16.0. The maximum Gasteiger partial charge on any atom is 0.261 e. The van der Waals surface area contributed by atoms with E-state index >= 15 is 0 Å².